The van der Waals surface area contributed by atoms with E-state index in [1.165, 1.54) is 6.33 Å². The maximum atomic E-state index is 10.7. The smallest absolute Gasteiger partial charge is 0.361 e. The van der Waals surface area contributed by atoms with Crippen molar-refractivity contribution in [2.45, 2.75) is 0 Å². The lowest BCUT2D eigenvalue weighted by molar-refractivity contribution is -0.388. The van der Waals surface area contributed by atoms with Gasteiger partial charge in [0.15, 0.2) is 11.5 Å². The number of hydrogen-bond donors (Lipinski definition) is 3. The third-order valence-electron chi connectivity index (χ3n) is 2.79. The zero-order valence-electron chi connectivity index (χ0n) is 10.9. The molecule has 3 aromatic rings. The van der Waals surface area contributed by atoms with E-state index in [0.717, 1.165) is 15.3 Å². The average Bonchev–Trinajstić information content (AvgIpc) is 3.09. The normalized spacial score (nSPS) is 10.7. The van der Waals surface area contributed by atoms with Gasteiger partial charge in [0.05, 0.1) is 10.2 Å². The topological polar surface area (TPSA) is 109 Å². The SMILES string of the molecule is O=[N+]([O-])c1[nH]cnc1NCCNc1nc2ccccc2s1. The van der Waals surface area contributed by atoms with Gasteiger partial charge in [0, 0.05) is 13.1 Å². The molecule has 0 unspecified atom stereocenters. The van der Waals surface area contributed by atoms with Crippen LogP contribution in [-0.4, -0.2) is 33.0 Å². The van der Waals surface area contributed by atoms with E-state index in [1.54, 1.807) is 11.3 Å². The molecular weight excluding hydrogens is 292 g/mol. The molecule has 3 N–H and O–H groups in total. The van der Waals surface area contributed by atoms with Crippen molar-refractivity contribution in [2.24, 2.45) is 0 Å². The first-order valence-corrected chi connectivity index (χ1v) is 7.07. The Morgan fingerprint density at radius 3 is 2.90 bits per heavy atom. The van der Waals surface area contributed by atoms with Crippen LogP contribution in [-0.2, 0) is 0 Å². The fourth-order valence-electron chi connectivity index (χ4n) is 1.85. The van der Waals surface area contributed by atoms with Crippen LogP contribution in [0.25, 0.3) is 10.2 Å². The highest BCUT2D eigenvalue weighted by atomic mass is 32.1. The number of imidazole rings is 1. The predicted molar refractivity (Wildman–Crippen MR) is 81.8 cm³/mol. The van der Waals surface area contributed by atoms with E-state index >= 15 is 0 Å². The van der Waals surface area contributed by atoms with Gasteiger partial charge in [-0.1, -0.05) is 23.5 Å². The summed E-state index contributed by atoms with van der Waals surface area (Å²) in [4.78, 5) is 21.0. The van der Waals surface area contributed by atoms with Crippen LogP contribution in [0, 0.1) is 10.1 Å². The Morgan fingerprint density at radius 2 is 2.10 bits per heavy atom. The molecule has 21 heavy (non-hydrogen) atoms. The number of rotatable bonds is 6. The number of aromatic amines is 1. The molecule has 108 valence electrons. The quantitative estimate of drug-likeness (QED) is 0.366. The minimum atomic E-state index is -0.504. The highest BCUT2D eigenvalue weighted by molar-refractivity contribution is 7.22. The number of aromatic nitrogens is 3. The summed E-state index contributed by atoms with van der Waals surface area (Å²) >= 11 is 1.57. The Bertz CT molecular complexity index is 735. The average molecular weight is 304 g/mol. The Labute approximate surface area is 123 Å². The monoisotopic (exact) mass is 304 g/mol. The van der Waals surface area contributed by atoms with Gasteiger partial charge in [-0.05, 0) is 17.1 Å². The van der Waals surface area contributed by atoms with Crippen LogP contribution >= 0.6 is 11.3 Å². The second kappa shape index (κ2) is 5.75. The van der Waals surface area contributed by atoms with Crippen molar-refractivity contribution < 1.29 is 4.92 Å². The summed E-state index contributed by atoms with van der Waals surface area (Å²) in [5, 5.41) is 17.6. The number of nitrogens with zero attached hydrogens (tertiary/aromatic N) is 3. The molecule has 0 bridgehead atoms. The number of fused-ring (bicyclic) bond motifs is 1. The molecule has 0 aliphatic heterocycles. The Balaban J connectivity index is 1.54. The summed E-state index contributed by atoms with van der Waals surface area (Å²) in [6.07, 6.45) is 1.29. The number of anilines is 2. The van der Waals surface area contributed by atoms with Crippen LogP contribution in [0.2, 0.25) is 0 Å². The molecule has 0 amide bonds. The van der Waals surface area contributed by atoms with E-state index < -0.39 is 4.92 Å². The third-order valence-corrected chi connectivity index (χ3v) is 3.78. The van der Waals surface area contributed by atoms with Gasteiger partial charge in [0.1, 0.15) is 0 Å². The molecule has 0 saturated carbocycles. The summed E-state index contributed by atoms with van der Waals surface area (Å²) < 4.78 is 1.12. The summed E-state index contributed by atoms with van der Waals surface area (Å²) in [7, 11) is 0. The van der Waals surface area contributed by atoms with Crippen LogP contribution in [0.4, 0.5) is 16.8 Å². The lowest BCUT2D eigenvalue weighted by Gasteiger charge is -2.04. The van der Waals surface area contributed by atoms with Gasteiger partial charge in [-0.3, -0.25) is 0 Å². The van der Waals surface area contributed by atoms with Gasteiger partial charge in [-0.2, -0.15) is 4.98 Å². The summed E-state index contributed by atoms with van der Waals surface area (Å²) in [5.41, 5.74) is 0.959. The molecule has 2 heterocycles. The molecule has 3 rings (SSSR count). The first kappa shape index (κ1) is 13.3. The maximum Gasteiger partial charge on any atom is 0.364 e. The van der Waals surface area contributed by atoms with E-state index in [9.17, 15) is 10.1 Å². The predicted octanol–water partition coefficient (Wildman–Crippen LogP) is 2.45. The minimum absolute atomic E-state index is 0.130. The Morgan fingerprint density at radius 1 is 1.29 bits per heavy atom. The van der Waals surface area contributed by atoms with E-state index in [-0.39, 0.29) is 11.6 Å². The van der Waals surface area contributed by atoms with Crippen LogP contribution in [0.3, 0.4) is 0 Å². The Hall–Kier alpha value is -2.68. The van der Waals surface area contributed by atoms with Gasteiger partial charge in [-0.15, -0.1) is 0 Å². The fourth-order valence-corrected chi connectivity index (χ4v) is 2.75. The van der Waals surface area contributed by atoms with Gasteiger partial charge >= 0.3 is 5.82 Å². The first-order chi connectivity index (χ1) is 10.2. The lowest BCUT2D eigenvalue weighted by Crippen LogP contribution is -2.14. The largest absolute Gasteiger partial charge is 0.364 e. The van der Waals surface area contributed by atoms with Crippen molar-refractivity contribution in [3.05, 3.63) is 40.7 Å². The molecule has 0 aliphatic carbocycles. The number of nitro groups is 1. The van der Waals surface area contributed by atoms with Crippen LogP contribution in [0.1, 0.15) is 0 Å². The molecular formula is C12H12N6O2S. The molecule has 0 radical (unpaired) electrons. The van der Waals surface area contributed by atoms with Crippen LogP contribution in [0.5, 0.6) is 0 Å². The molecule has 0 aliphatic rings. The van der Waals surface area contributed by atoms with Crippen molar-refractivity contribution >= 4 is 38.3 Å². The van der Waals surface area contributed by atoms with Gasteiger partial charge in [-0.25, -0.2) is 9.97 Å². The molecule has 0 fully saturated rings. The number of H-pyrrole nitrogens is 1. The number of thiazole rings is 1. The minimum Gasteiger partial charge on any atom is -0.361 e. The van der Waals surface area contributed by atoms with Crippen LogP contribution < -0.4 is 10.6 Å². The molecule has 0 atom stereocenters. The molecule has 1 aromatic carbocycles. The summed E-state index contributed by atoms with van der Waals surface area (Å²) in [6, 6.07) is 7.90. The van der Waals surface area contributed by atoms with E-state index in [4.69, 9.17) is 0 Å². The number of para-hydroxylation sites is 1. The zero-order valence-corrected chi connectivity index (χ0v) is 11.7. The standard InChI is InChI=1S/C12H12N6O2S/c19-18(20)11-10(15-7-16-11)13-5-6-14-12-17-8-3-1-2-4-9(8)21-12/h1-4,7,13H,5-6H2,(H,14,17)(H,15,16). The molecule has 9 heteroatoms. The molecule has 2 aromatic heterocycles. The zero-order chi connectivity index (χ0) is 14.7. The van der Waals surface area contributed by atoms with Crippen molar-refractivity contribution in [1.82, 2.24) is 15.0 Å². The fraction of sp³-hybridized carbons (Fsp3) is 0.167. The van der Waals surface area contributed by atoms with Gasteiger partial charge in [0.2, 0.25) is 5.82 Å². The highest BCUT2D eigenvalue weighted by Gasteiger charge is 2.14. The van der Waals surface area contributed by atoms with Gasteiger partial charge in [0.25, 0.3) is 0 Å². The third kappa shape index (κ3) is 2.92. The summed E-state index contributed by atoms with van der Waals surface area (Å²) in [5.74, 6) is 0.112. The second-order valence-corrected chi connectivity index (χ2v) is 5.23. The van der Waals surface area contributed by atoms with Crippen molar-refractivity contribution in [2.75, 3.05) is 23.7 Å². The molecule has 0 spiro atoms. The summed E-state index contributed by atoms with van der Waals surface area (Å²) in [6.45, 7) is 1.09. The van der Waals surface area contributed by atoms with Crippen molar-refractivity contribution in [3.63, 3.8) is 0 Å². The Kier molecular flexibility index (Phi) is 3.65. The first-order valence-electron chi connectivity index (χ1n) is 6.25. The van der Waals surface area contributed by atoms with E-state index in [0.29, 0.717) is 13.1 Å². The van der Waals surface area contributed by atoms with E-state index in [2.05, 4.69) is 25.6 Å². The lowest BCUT2D eigenvalue weighted by atomic mass is 10.3. The number of nitrogens with one attached hydrogen (secondary N) is 3. The van der Waals surface area contributed by atoms with E-state index in [1.807, 2.05) is 24.3 Å². The molecule has 8 nitrogen and oxygen atoms in total. The highest BCUT2D eigenvalue weighted by Crippen LogP contribution is 2.25. The van der Waals surface area contributed by atoms with Crippen molar-refractivity contribution in [3.8, 4) is 0 Å². The molecule has 0 saturated heterocycles. The van der Waals surface area contributed by atoms with Gasteiger partial charge < -0.3 is 20.7 Å². The maximum absolute atomic E-state index is 10.7. The van der Waals surface area contributed by atoms with Crippen LogP contribution in [0.15, 0.2) is 30.6 Å². The van der Waals surface area contributed by atoms with Crippen molar-refractivity contribution in [1.29, 1.82) is 0 Å². The number of benzene rings is 1. The second-order valence-electron chi connectivity index (χ2n) is 4.20. The number of hydrogen-bond acceptors (Lipinski definition) is 7.